The number of carbonyl (C=O) groups is 3. The fourth-order valence-electron chi connectivity index (χ4n) is 4.77. The molecular formula is C22H30N4O3. The van der Waals surface area contributed by atoms with Crippen molar-refractivity contribution >= 4 is 17.8 Å². The molecule has 7 nitrogen and oxygen atoms in total. The lowest BCUT2D eigenvalue weighted by molar-refractivity contribution is -0.134. The van der Waals surface area contributed by atoms with E-state index in [1.54, 1.807) is 0 Å². The van der Waals surface area contributed by atoms with Crippen molar-refractivity contribution < 1.29 is 14.4 Å². The van der Waals surface area contributed by atoms with Crippen LogP contribution in [0.2, 0.25) is 0 Å². The Morgan fingerprint density at radius 1 is 1.00 bits per heavy atom. The average Bonchev–Trinajstić information content (AvgIpc) is 3.29. The van der Waals surface area contributed by atoms with Crippen LogP contribution in [0.4, 0.5) is 4.79 Å². The van der Waals surface area contributed by atoms with E-state index in [4.69, 9.17) is 0 Å². The van der Waals surface area contributed by atoms with Crippen LogP contribution in [0.1, 0.15) is 56.1 Å². The van der Waals surface area contributed by atoms with Crippen molar-refractivity contribution in [3.05, 3.63) is 35.4 Å². The summed E-state index contributed by atoms with van der Waals surface area (Å²) >= 11 is 0. The van der Waals surface area contributed by atoms with E-state index in [2.05, 4.69) is 21.6 Å². The normalized spacial score (nSPS) is 21.6. The van der Waals surface area contributed by atoms with E-state index >= 15 is 0 Å². The highest BCUT2D eigenvalue weighted by molar-refractivity contribution is 6.09. The predicted molar refractivity (Wildman–Crippen MR) is 109 cm³/mol. The van der Waals surface area contributed by atoms with Crippen LogP contribution < -0.4 is 10.6 Å². The van der Waals surface area contributed by atoms with Gasteiger partial charge in [0, 0.05) is 13.1 Å². The van der Waals surface area contributed by atoms with Crippen molar-refractivity contribution in [3.63, 3.8) is 0 Å². The number of benzene rings is 1. The van der Waals surface area contributed by atoms with E-state index in [1.807, 2.05) is 18.2 Å². The fourth-order valence-corrected chi connectivity index (χ4v) is 4.77. The monoisotopic (exact) mass is 398 g/mol. The predicted octanol–water partition coefficient (Wildman–Crippen LogP) is 2.15. The van der Waals surface area contributed by atoms with Gasteiger partial charge in [0.2, 0.25) is 5.91 Å². The van der Waals surface area contributed by atoms with Crippen molar-refractivity contribution in [1.82, 2.24) is 20.4 Å². The van der Waals surface area contributed by atoms with E-state index in [0.717, 1.165) is 42.9 Å². The molecule has 1 aliphatic carbocycles. The number of amides is 4. The Hall–Kier alpha value is -2.41. The molecule has 2 saturated heterocycles. The highest BCUT2D eigenvalue weighted by Gasteiger charge is 2.52. The smallest absolute Gasteiger partial charge is 0.325 e. The lowest BCUT2D eigenvalue weighted by atomic mass is 9.98. The van der Waals surface area contributed by atoms with Crippen molar-refractivity contribution in [3.8, 4) is 0 Å². The molecule has 0 atom stereocenters. The van der Waals surface area contributed by atoms with Crippen molar-refractivity contribution in [2.24, 2.45) is 0 Å². The lowest BCUT2D eigenvalue weighted by Gasteiger charge is -2.27. The third-order valence-corrected chi connectivity index (χ3v) is 6.44. The third kappa shape index (κ3) is 4.29. The number of hydrogen-bond donors (Lipinski definition) is 2. The summed E-state index contributed by atoms with van der Waals surface area (Å²) in [6.07, 6.45) is 6.98. The third-order valence-electron chi connectivity index (χ3n) is 6.44. The highest BCUT2D eigenvalue weighted by atomic mass is 16.2. The molecule has 7 heteroatoms. The second-order valence-electron chi connectivity index (χ2n) is 8.49. The van der Waals surface area contributed by atoms with E-state index < -0.39 is 11.6 Å². The standard InChI is InChI=1S/C22H30N4O3/c27-19(16-26-20(28)22(24-21(26)29)10-4-5-11-22)23-14-17-8-2-3-9-18(17)15-25-12-6-1-7-13-25/h2-3,8-9H,1,4-7,10-16H2,(H,23,27)(H,24,29). The molecule has 3 fully saturated rings. The SMILES string of the molecule is O=C(CN1C(=O)NC2(CCCC2)C1=O)NCc1ccccc1CN1CCCCC1. The van der Waals surface area contributed by atoms with Crippen LogP contribution in [-0.2, 0) is 22.7 Å². The lowest BCUT2D eigenvalue weighted by Crippen LogP contribution is -2.45. The topological polar surface area (TPSA) is 81.8 Å². The minimum absolute atomic E-state index is 0.222. The van der Waals surface area contributed by atoms with Crippen molar-refractivity contribution in [2.75, 3.05) is 19.6 Å². The number of likely N-dealkylation sites (tertiary alicyclic amines) is 1. The molecular weight excluding hydrogens is 368 g/mol. The Morgan fingerprint density at radius 3 is 2.41 bits per heavy atom. The average molecular weight is 399 g/mol. The summed E-state index contributed by atoms with van der Waals surface area (Å²) in [5.41, 5.74) is 1.53. The largest absolute Gasteiger partial charge is 0.350 e. The number of urea groups is 1. The van der Waals surface area contributed by atoms with Crippen LogP contribution in [-0.4, -0.2) is 52.8 Å². The molecule has 0 bridgehead atoms. The summed E-state index contributed by atoms with van der Waals surface area (Å²) in [5, 5.41) is 5.71. The first-order valence-corrected chi connectivity index (χ1v) is 10.8. The number of imide groups is 1. The number of rotatable bonds is 6. The zero-order chi connectivity index (χ0) is 20.3. The first-order chi connectivity index (χ1) is 14.1. The van der Waals surface area contributed by atoms with Gasteiger partial charge in [0.1, 0.15) is 12.1 Å². The van der Waals surface area contributed by atoms with Gasteiger partial charge < -0.3 is 10.6 Å². The molecule has 0 unspecified atom stereocenters. The molecule has 3 aliphatic rings. The van der Waals surface area contributed by atoms with Gasteiger partial charge in [-0.05, 0) is 49.9 Å². The molecule has 1 saturated carbocycles. The summed E-state index contributed by atoms with van der Waals surface area (Å²) < 4.78 is 0. The molecule has 0 aromatic heterocycles. The van der Waals surface area contributed by atoms with Crippen LogP contribution >= 0.6 is 0 Å². The molecule has 4 rings (SSSR count). The van der Waals surface area contributed by atoms with E-state index in [0.29, 0.717) is 19.4 Å². The van der Waals surface area contributed by atoms with Gasteiger partial charge in [0.25, 0.3) is 5.91 Å². The maximum atomic E-state index is 12.7. The zero-order valence-corrected chi connectivity index (χ0v) is 16.9. The summed E-state index contributed by atoms with van der Waals surface area (Å²) in [6, 6.07) is 7.69. The van der Waals surface area contributed by atoms with Crippen LogP contribution in [0.3, 0.4) is 0 Å². The van der Waals surface area contributed by atoms with Crippen LogP contribution in [0.25, 0.3) is 0 Å². The van der Waals surface area contributed by atoms with Crippen molar-refractivity contribution in [1.29, 1.82) is 0 Å². The minimum Gasteiger partial charge on any atom is -0.350 e. The Morgan fingerprint density at radius 2 is 1.69 bits per heavy atom. The number of nitrogens with zero attached hydrogens (tertiary/aromatic N) is 2. The van der Waals surface area contributed by atoms with Gasteiger partial charge in [0.15, 0.2) is 0 Å². The Balaban J connectivity index is 1.33. The molecule has 1 aromatic carbocycles. The molecule has 2 N–H and O–H groups in total. The fraction of sp³-hybridized carbons (Fsp3) is 0.591. The van der Waals surface area contributed by atoms with Crippen LogP contribution in [0.5, 0.6) is 0 Å². The first-order valence-electron chi connectivity index (χ1n) is 10.8. The van der Waals surface area contributed by atoms with Gasteiger partial charge in [0.05, 0.1) is 0 Å². The van der Waals surface area contributed by atoms with Gasteiger partial charge >= 0.3 is 6.03 Å². The first kappa shape index (κ1) is 19.9. The second kappa shape index (κ2) is 8.53. The zero-order valence-electron chi connectivity index (χ0n) is 16.9. The quantitative estimate of drug-likeness (QED) is 0.720. The second-order valence-corrected chi connectivity index (χ2v) is 8.49. The number of piperidine rings is 1. The number of nitrogens with one attached hydrogen (secondary N) is 2. The molecule has 1 aromatic rings. The summed E-state index contributed by atoms with van der Waals surface area (Å²) in [4.78, 5) is 40.9. The van der Waals surface area contributed by atoms with E-state index in [-0.39, 0.29) is 18.4 Å². The molecule has 2 heterocycles. The maximum absolute atomic E-state index is 12.7. The highest BCUT2D eigenvalue weighted by Crippen LogP contribution is 2.34. The molecule has 4 amide bonds. The van der Waals surface area contributed by atoms with E-state index in [1.165, 1.54) is 24.8 Å². The summed E-state index contributed by atoms with van der Waals surface area (Å²) in [5.74, 6) is -0.558. The van der Waals surface area contributed by atoms with E-state index in [9.17, 15) is 14.4 Å². The number of carbonyl (C=O) groups excluding carboxylic acids is 3. The molecule has 156 valence electrons. The van der Waals surface area contributed by atoms with Gasteiger partial charge in [-0.3, -0.25) is 19.4 Å². The molecule has 1 spiro atoms. The van der Waals surface area contributed by atoms with Gasteiger partial charge in [-0.15, -0.1) is 0 Å². The van der Waals surface area contributed by atoms with Gasteiger partial charge in [-0.2, -0.15) is 0 Å². The minimum atomic E-state index is -0.765. The Labute approximate surface area is 171 Å². The molecule has 29 heavy (non-hydrogen) atoms. The summed E-state index contributed by atoms with van der Waals surface area (Å²) in [6.45, 7) is 3.31. The van der Waals surface area contributed by atoms with Gasteiger partial charge in [-0.1, -0.05) is 43.5 Å². The van der Waals surface area contributed by atoms with Crippen LogP contribution in [0.15, 0.2) is 24.3 Å². The Kier molecular flexibility index (Phi) is 5.85. The molecule has 0 radical (unpaired) electrons. The maximum Gasteiger partial charge on any atom is 0.325 e. The van der Waals surface area contributed by atoms with Gasteiger partial charge in [-0.25, -0.2) is 4.79 Å². The Bertz CT molecular complexity index is 782. The van der Waals surface area contributed by atoms with Crippen LogP contribution in [0, 0.1) is 0 Å². The van der Waals surface area contributed by atoms with Crippen molar-refractivity contribution in [2.45, 2.75) is 63.6 Å². The molecule has 2 aliphatic heterocycles. The number of hydrogen-bond acceptors (Lipinski definition) is 4. The summed E-state index contributed by atoms with van der Waals surface area (Å²) in [7, 11) is 0.